The standard InChI is InChI=1S/C26H26N4O2/c1-19-16-22(29-13-4-5-14-29)9-12-24(19)28-26(31)20-7-10-23(11-8-20)32-18-21-17-30-15-3-2-6-25(30)27-21/h2-3,6-12,15-17H,4-5,13-14,18H2,1H3,(H,28,31). The third-order valence-electron chi connectivity index (χ3n) is 5.85. The molecule has 0 bridgehead atoms. The van der Waals surface area contributed by atoms with Gasteiger partial charge in [-0.15, -0.1) is 0 Å². The second-order valence-electron chi connectivity index (χ2n) is 8.16. The lowest BCUT2D eigenvalue weighted by molar-refractivity contribution is 0.102. The van der Waals surface area contributed by atoms with Crippen LogP contribution in [0.25, 0.3) is 5.65 Å². The van der Waals surface area contributed by atoms with Crippen LogP contribution < -0.4 is 15.0 Å². The summed E-state index contributed by atoms with van der Waals surface area (Å²) in [5.74, 6) is 0.568. The number of pyridine rings is 1. The number of rotatable bonds is 6. The Morgan fingerprint density at radius 2 is 1.88 bits per heavy atom. The second-order valence-corrected chi connectivity index (χ2v) is 8.16. The number of amides is 1. The normalized spacial score (nSPS) is 13.5. The average Bonchev–Trinajstić information content (AvgIpc) is 3.49. The third-order valence-corrected chi connectivity index (χ3v) is 5.85. The fraction of sp³-hybridized carbons (Fsp3) is 0.231. The van der Waals surface area contributed by atoms with E-state index in [1.165, 1.54) is 18.5 Å². The summed E-state index contributed by atoms with van der Waals surface area (Å²) < 4.78 is 7.81. The largest absolute Gasteiger partial charge is 0.487 e. The molecule has 32 heavy (non-hydrogen) atoms. The molecule has 1 N–H and O–H groups in total. The van der Waals surface area contributed by atoms with Crippen molar-refractivity contribution in [2.45, 2.75) is 26.4 Å². The lowest BCUT2D eigenvalue weighted by Crippen LogP contribution is -2.18. The zero-order chi connectivity index (χ0) is 21.9. The van der Waals surface area contributed by atoms with Crippen molar-refractivity contribution < 1.29 is 9.53 Å². The minimum atomic E-state index is -0.131. The molecule has 2 aromatic carbocycles. The number of benzene rings is 2. The molecule has 4 aromatic rings. The third kappa shape index (κ3) is 4.30. The van der Waals surface area contributed by atoms with Crippen molar-refractivity contribution in [3.8, 4) is 5.75 Å². The maximum absolute atomic E-state index is 12.7. The molecule has 1 aliphatic heterocycles. The van der Waals surface area contributed by atoms with Gasteiger partial charge in [-0.3, -0.25) is 4.79 Å². The number of carbonyl (C=O) groups excluding carboxylic acids is 1. The van der Waals surface area contributed by atoms with Crippen LogP contribution in [0, 0.1) is 6.92 Å². The zero-order valence-corrected chi connectivity index (χ0v) is 18.1. The molecule has 1 amide bonds. The van der Waals surface area contributed by atoms with E-state index in [1.54, 1.807) is 12.1 Å². The van der Waals surface area contributed by atoms with Gasteiger partial charge in [-0.1, -0.05) is 6.07 Å². The highest BCUT2D eigenvalue weighted by Crippen LogP contribution is 2.26. The minimum Gasteiger partial charge on any atom is -0.487 e. The Labute approximate surface area is 187 Å². The molecule has 2 aromatic heterocycles. The highest BCUT2D eigenvalue weighted by molar-refractivity contribution is 6.04. The predicted molar refractivity (Wildman–Crippen MR) is 127 cm³/mol. The van der Waals surface area contributed by atoms with Crippen molar-refractivity contribution in [1.82, 2.24) is 9.38 Å². The lowest BCUT2D eigenvalue weighted by Gasteiger charge is -2.19. The highest BCUT2D eigenvalue weighted by Gasteiger charge is 2.14. The Bertz CT molecular complexity index is 1210. The number of hydrogen-bond acceptors (Lipinski definition) is 4. The SMILES string of the molecule is Cc1cc(N2CCCC2)ccc1NC(=O)c1ccc(OCc2cn3ccccc3n2)cc1. The molecule has 1 saturated heterocycles. The summed E-state index contributed by atoms with van der Waals surface area (Å²) in [5.41, 5.74) is 5.46. The van der Waals surface area contributed by atoms with Crippen LogP contribution in [0.1, 0.15) is 34.5 Å². The predicted octanol–water partition coefficient (Wildman–Crippen LogP) is 5.07. The van der Waals surface area contributed by atoms with Gasteiger partial charge in [0.25, 0.3) is 5.91 Å². The zero-order valence-electron chi connectivity index (χ0n) is 18.1. The van der Waals surface area contributed by atoms with E-state index in [9.17, 15) is 4.79 Å². The van der Waals surface area contributed by atoms with Crippen molar-refractivity contribution in [3.63, 3.8) is 0 Å². The number of fused-ring (bicyclic) bond motifs is 1. The molecule has 0 saturated carbocycles. The van der Waals surface area contributed by atoms with Gasteiger partial charge >= 0.3 is 0 Å². The first-order chi connectivity index (χ1) is 15.7. The van der Waals surface area contributed by atoms with Gasteiger partial charge in [0.2, 0.25) is 0 Å². The van der Waals surface area contributed by atoms with Crippen LogP contribution >= 0.6 is 0 Å². The molecule has 3 heterocycles. The van der Waals surface area contributed by atoms with Crippen molar-refractivity contribution in [2.24, 2.45) is 0 Å². The molecular formula is C26H26N4O2. The number of anilines is 2. The molecule has 1 aliphatic rings. The summed E-state index contributed by atoms with van der Waals surface area (Å²) >= 11 is 0. The first kappa shape index (κ1) is 20.1. The van der Waals surface area contributed by atoms with Crippen LogP contribution in [0.15, 0.2) is 73.1 Å². The molecule has 162 valence electrons. The summed E-state index contributed by atoms with van der Waals surface area (Å²) in [7, 11) is 0. The van der Waals surface area contributed by atoms with Gasteiger partial charge in [-0.25, -0.2) is 4.98 Å². The number of imidazole rings is 1. The molecule has 0 spiro atoms. The minimum absolute atomic E-state index is 0.131. The van der Waals surface area contributed by atoms with Gasteiger partial charge in [0.05, 0.1) is 5.69 Å². The average molecular weight is 427 g/mol. The smallest absolute Gasteiger partial charge is 0.255 e. The van der Waals surface area contributed by atoms with Gasteiger partial charge in [0.15, 0.2) is 0 Å². The molecule has 5 rings (SSSR count). The van der Waals surface area contributed by atoms with Crippen LogP contribution in [0.3, 0.4) is 0 Å². The fourth-order valence-corrected chi connectivity index (χ4v) is 4.07. The molecule has 1 fully saturated rings. The highest BCUT2D eigenvalue weighted by atomic mass is 16.5. The van der Waals surface area contributed by atoms with Crippen molar-refractivity contribution in [1.29, 1.82) is 0 Å². The number of carbonyl (C=O) groups is 1. The quantitative estimate of drug-likeness (QED) is 0.467. The molecule has 6 heteroatoms. The first-order valence-corrected chi connectivity index (χ1v) is 11.0. The molecule has 0 aliphatic carbocycles. The molecule has 0 unspecified atom stereocenters. The van der Waals surface area contributed by atoms with E-state index >= 15 is 0 Å². The van der Waals surface area contributed by atoms with E-state index in [0.29, 0.717) is 17.9 Å². The number of ether oxygens (including phenoxy) is 1. The van der Waals surface area contributed by atoms with Crippen LogP contribution in [0.4, 0.5) is 11.4 Å². The van der Waals surface area contributed by atoms with Crippen molar-refractivity contribution in [3.05, 3.63) is 89.9 Å². The summed E-state index contributed by atoms with van der Waals surface area (Å²) in [6.07, 6.45) is 6.40. The van der Waals surface area contributed by atoms with E-state index in [4.69, 9.17) is 4.74 Å². The molecule has 0 atom stereocenters. The van der Waals surface area contributed by atoms with E-state index in [0.717, 1.165) is 35.7 Å². The van der Waals surface area contributed by atoms with Gasteiger partial charge < -0.3 is 19.4 Å². The molecule has 0 radical (unpaired) electrons. The Morgan fingerprint density at radius 3 is 2.62 bits per heavy atom. The van der Waals surface area contributed by atoms with Crippen molar-refractivity contribution in [2.75, 3.05) is 23.3 Å². The first-order valence-electron chi connectivity index (χ1n) is 11.0. The second kappa shape index (κ2) is 8.75. The van der Waals surface area contributed by atoms with Crippen LogP contribution in [-0.2, 0) is 6.61 Å². The summed E-state index contributed by atoms with van der Waals surface area (Å²) in [4.78, 5) is 19.6. The number of nitrogens with one attached hydrogen (secondary N) is 1. The number of nitrogens with zero attached hydrogens (tertiary/aromatic N) is 3. The maximum Gasteiger partial charge on any atom is 0.255 e. The Kier molecular flexibility index (Phi) is 5.50. The number of hydrogen-bond donors (Lipinski definition) is 1. The van der Waals surface area contributed by atoms with Gasteiger partial charge in [0, 0.05) is 42.4 Å². The molecular weight excluding hydrogens is 400 g/mol. The van der Waals surface area contributed by atoms with Gasteiger partial charge in [-0.05, 0) is 79.9 Å². The summed E-state index contributed by atoms with van der Waals surface area (Å²) in [6.45, 7) is 4.62. The van der Waals surface area contributed by atoms with Crippen LogP contribution in [-0.4, -0.2) is 28.4 Å². The van der Waals surface area contributed by atoms with Crippen LogP contribution in [0.2, 0.25) is 0 Å². The Balaban J connectivity index is 1.20. The fourth-order valence-electron chi connectivity index (χ4n) is 4.07. The lowest BCUT2D eigenvalue weighted by atomic mass is 10.1. The monoisotopic (exact) mass is 426 g/mol. The van der Waals surface area contributed by atoms with Gasteiger partial charge in [0.1, 0.15) is 18.0 Å². The van der Waals surface area contributed by atoms with E-state index in [2.05, 4.69) is 27.3 Å². The summed E-state index contributed by atoms with van der Waals surface area (Å²) in [5, 5.41) is 3.03. The van der Waals surface area contributed by atoms with Gasteiger partial charge in [-0.2, -0.15) is 0 Å². The Hall–Kier alpha value is -3.80. The Morgan fingerprint density at radius 1 is 1.06 bits per heavy atom. The maximum atomic E-state index is 12.7. The topological polar surface area (TPSA) is 58.9 Å². The number of aryl methyl sites for hydroxylation is 1. The van der Waals surface area contributed by atoms with E-state index in [1.807, 2.05) is 60.1 Å². The van der Waals surface area contributed by atoms with Crippen LogP contribution in [0.5, 0.6) is 5.75 Å². The van der Waals surface area contributed by atoms with E-state index in [-0.39, 0.29) is 5.91 Å². The number of aromatic nitrogens is 2. The summed E-state index contributed by atoms with van der Waals surface area (Å²) in [6, 6.07) is 19.3. The van der Waals surface area contributed by atoms with Crippen molar-refractivity contribution >= 4 is 22.9 Å². The van der Waals surface area contributed by atoms with E-state index < -0.39 is 0 Å². The molecule has 6 nitrogen and oxygen atoms in total.